The molecule has 0 aromatic heterocycles. The summed E-state index contributed by atoms with van der Waals surface area (Å²) in [5, 5.41) is 22.2. The summed E-state index contributed by atoms with van der Waals surface area (Å²) in [7, 11) is 0. The molecule has 11 nitrogen and oxygen atoms in total. The van der Waals surface area contributed by atoms with E-state index in [9.17, 15) is 29.1 Å². The Morgan fingerprint density at radius 2 is 1.64 bits per heavy atom. The standard InChI is InChI=1S/C28H47N5O6/c1-3-4-5-6-7-8-9-10-11-13-19-30-28(39)33-23(20-25(35)36)27(38)32-22-15-12-14-18-29-24(34)17-16-21(2)31-26(22)37/h12,15-17,21-23H,3-11,13-14,18-20H2,1-2H3,(H,29,34)(H,31,37)(H,32,38)(H,35,36)(H2,30,33,39)/b15-12+,17-16+/t21-,22-,23?/m0/s1. The van der Waals surface area contributed by atoms with Gasteiger partial charge in [-0.15, -0.1) is 0 Å². The van der Waals surface area contributed by atoms with Crippen LogP contribution >= 0.6 is 0 Å². The summed E-state index contributed by atoms with van der Waals surface area (Å²) >= 11 is 0. The second kappa shape index (κ2) is 20.6. The minimum absolute atomic E-state index is 0.274. The van der Waals surface area contributed by atoms with Crippen LogP contribution < -0.4 is 26.6 Å². The lowest BCUT2D eigenvalue weighted by atomic mass is 10.1. The molecule has 6 N–H and O–H groups in total. The number of aliphatic carboxylic acids is 1. The minimum Gasteiger partial charge on any atom is -0.481 e. The molecule has 39 heavy (non-hydrogen) atoms. The Kier molecular flexibility index (Phi) is 17.8. The third-order valence-corrected chi connectivity index (χ3v) is 6.24. The number of urea groups is 1. The van der Waals surface area contributed by atoms with Crippen molar-refractivity contribution in [3.8, 4) is 0 Å². The molecule has 11 heteroatoms. The van der Waals surface area contributed by atoms with E-state index >= 15 is 0 Å². The van der Waals surface area contributed by atoms with Crippen molar-refractivity contribution in [2.45, 2.75) is 109 Å². The number of unbranched alkanes of at least 4 members (excludes halogenated alkanes) is 9. The number of nitrogens with one attached hydrogen (secondary N) is 5. The highest BCUT2D eigenvalue weighted by Gasteiger charge is 2.27. The second-order valence-electron chi connectivity index (χ2n) is 9.88. The zero-order chi connectivity index (χ0) is 28.9. The van der Waals surface area contributed by atoms with Gasteiger partial charge in [0.15, 0.2) is 0 Å². The first kappa shape index (κ1) is 33.7. The summed E-state index contributed by atoms with van der Waals surface area (Å²) in [6, 6.07) is -3.58. The average Bonchev–Trinajstić information content (AvgIpc) is 2.88. The molecule has 0 aromatic rings. The lowest BCUT2D eigenvalue weighted by molar-refractivity contribution is -0.140. The predicted molar refractivity (Wildman–Crippen MR) is 150 cm³/mol. The van der Waals surface area contributed by atoms with E-state index in [2.05, 4.69) is 33.5 Å². The minimum atomic E-state index is -1.37. The van der Waals surface area contributed by atoms with Crippen molar-refractivity contribution in [1.82, 2.24) is 26.6 Å². The van der Waals surface area contributed by atoms with E-state index in [0.29, 0.717) is 19.5 Å². The molecular formula is C28H47N5O6. The number of carbonyl (C=O) groups excluding carboxylic acids is 4. The highest BCUT2D eigenvalue weighted by atomic mass is 16.4. The fourth-order valence-electron chi connectivity index (χ4n) is 4.03. The molecule has 0 aromatic carbocycles. The molecule has 0 spiro atoms. The summed E-state index contributed by atoms with van der Waals surface area (Å²) in [6.07, 6.45) is 17.4. The summed E-state index contributed by atoms with van der Waals surface area (Å²) in [4.78, 5) is 61.0. The largest absolute Gasteiger partial charge is 0.481 e. The molecule has 0 aliphatic carbocycles. The second-order valence-corrected chi connectivity index (χ2v) is 9.88. The maximum Gasteiger partial charge on any atom is 0.315 e. The first-order chi connectivity index (χ1) is 18.7. The highest BCUT2D eigenvalue weighted by Crippen LogP contribution is 2.10. The first-order valence-corrected chi connectivity index (χ1v) is 14.2. The van der Waals surface area contributed by atoms with E-state index in [-0.39, 0.29) is 5.91 Å². The molecule has 0 bridgehead atoms. The number of hydrogen-bond acceptors (Lipinski definition) is 5. The highest BCUT2D eigenvalue weighted by molar-refractivity contribution is 5.94. The number of amides is 5. The lowest BCUT2D eigenvalue weighted by Gasteiger charge is -2.22. The van der Waals surface area contributed by atoms with Gasteiger partial charge >= 0.3 is 12.0 Å². The van der Waals surface area contributed by atoms with E-state index in [1.807, 2.05) is 0 Å². The summed E-state index contributed by atoms with van der Waals surface area (Å²) in [5.74, 6) is -2.86. The van der Waals surface area contributed by atoms with Crippen LogP contribution in [0.1, 0.15) is 90.9 Å². The SMILES string of the molecule is CCCCCCCCCCCCNC(=O)NC(CC(=O)O)C(=O)N[C@H]1/C=C/CCNC(=O)/C=C/[C@H](C)NC1=O. The van der Waals surface area contributed by atoms with Crippen LogP contribution in [0.15, 0.2) is 24.3 Å². The van der Waals surface area contributed by atoms with Gasteiger partial charge in [-0.25, -0.2) is 4.79 Å². The van der Waals surface area contributed by atoms with Crippen LogP contribution in [0.4, 0.5) is 4.79 Å². The Morgan fingerprint density at radius 1 is 1.00 bits per heavy atom. The van der Waals surface area contributed by atoms with Gasteiger partial charge in [0.1, 0.15) is 12.1 Å². The van der Waals surface area contributed by atoms with E-state index in [1.54, 1.807) is 13.0 Å². The van der Waals surface area contributed by atoms with Crippen molar-refractivity contribution in [3.63, 3.8) is 0 Å². The number of hydrogen-bond donors (Lipinski definition) is 6. The van der Waals surface area contributed by atoms with Crippen molar-refractivity contribution >= 4 is 29.7 Å². The van der Waals surface area contributed by atoms with Crippen LogP contribution in [0, 0.1) is 0 Å². The Balaban J connectivity index is 2.53. The molecule has 1 aliphatic heterocycles. The molecule has 0 saturated carbocycles. The Hall–Kier alpha value is -3.37. The molecule has 1 aliphatic rings. The normalized spacial score (nSPS) is 20.3. The lowest BCUT2D eigenvalue weighted by Crippen LogP contribution is -2.55. The van der Waals surface area contributed by atoms with Crippen molar-refractivity contribution in [2.24, 2.45) is 0 Å². The molecule has 220 valence electrons. The first-order valence-electron chi connectivity index (χ1n) is 14.2. The summed E-state index contributed by atoms with van der Waals surface area (Å²) < 4.78 is 0. The molecule has 1 rings (SSSR count). The van der Waals surface area contributed by atoms with E-state index in [4.69, 9.17) is 0 Å². The summed E-state index contributed by atoms with van der Waals surface area (Å²) in [5.41, 5.74) is 0. The van der Waals surface area contributed by atoms with Gasteiger partial charge in [-0.2, -0.15) is 0 Å². The van der Waals surface area contributed by atoms with Crippen LogP contribution in [-0.2, 0) is 19.2 Å². The molecule has 1 heterocycles. The Bertz CT molecular complexity index is 844. The van der Waals surface area contributed by atoms with E-state index in [1.165, 1.54) is 63.2 Å². The predicted octanol–water partition coefficient (Wildman–Crippen LogP) is 2.67. The number of carboxylic acid groups (broad SMARTS) is 1. The third kappa shape index (κ3) is 17.0. The molecule has 0 fully saturated rings. The fourth-order valence-corrected chi connectivity index (χ4v) is 4.03. The van der Waals surface area contributed by atoms with Crippen LogP contribution in [0.5, 0.6) is 0 Å². The van der Waals surface area contributed by atoms with Crippen LogP contribution in [0.2, 0.25) is 0 Å². The zero-order valence-electron chi connectivity index (χ0n) is 23.4. The third-order valence-electron chi connectivity index (χ3n) is 6.24. The van der Waals surface area contributed by atoms with Crippen molar-refractivity contribution in [1.29, 1.82) is 0 Å². The van der Waals surface area contributed by atoms with Gasteiger partial charge in [-0.05, 0) is 19.8 Å². The molecular weight excluding hydrogens is 502 g/mol. The molecule has 0 radical (unpaired) electrons. The Labute approximate surface area is 232 Å². The van der Waals surface area contributed by atoms with Gasteiger partial charge in [-0.3, -0.25) is 19.2 Å². The van der Waals surface area contributed by atoms with Crippen LogP contribution in [0.25, 0.3) is 0 Å². The fraction of sp³-hybridized carbons (Fsp3) is 0.679. The topological polar surface area (TPSA) is 166 Å². The van der Waals surface area contributed by atoms with Gasteiger partial charge < -0.3 is 31.7 Å². The van der Waals surface area contributed by atoms with Gasteiger partial charge in [0.05, 0.1) is 6.42 Å². The Morgan fingerprint density at radius 3 is 2.28 bits per heavy atom. The van der Waals surface area contributed by atoms with Gasteiger partial charge in [0.2, 0.25) is 17.7 Å². The van der Waals surface area contributed by atoms with E-state index < -0.39 is 48.4 Å². The maximum absolute atomic E-state index is 12.9. The van der Waals surface area contributed by atoms with Gasteiger partial charge in [0, 0.05) is 25.2 Å². The summed E-state index contributed by atoms with van der Waals surface area (Å²) in [6.45, 7) is 4.64. The van der Waals surface area contributed by atoms with Crippen LogP contribution in [0.3, 0.4) is 0 Å². The molecule has 5 amide bonds. The van der Waals surface area contributed by atoms with Crippen molar-refractivity contribution < 1.29 is 29.1 Å². The molecule has 0 saturated heterocycles. The van der Waals surface area contributed by atoms with Crippen molar-refractivity contribution in [2.75, 3.05) is 13.1 Å². The van der Waals surface area contributed by atoms with E-state index in [0.717, 1.165) is 19.3 Å². The number of rotatable bonds is 16. The monoisotopic (exact) mass is 549 g/mol. The maximum atomic E-state index is 12.9. The smallest absolute Gasteiger partial charge is 0.315 e. The molecule has 3 atom stereocenters. The zero-order valence-corrected chi connectivity index (χ0v) is 23.4. The number of carbonyl (C=O) groups is 5. The van der Waals surface area contributed by atoms with Crippen LogP contribution in [-0.4, -0.2) is 66.0 Å². The van der Waals surface area contributed by atoms with Crippen molar-refractivity contribution in [3.05, 3.63) is 24.3 Å². The number of carboxylic acids is 1. The molecule has 1 unspecified atom stereocenters. The quantitative estimate of drug-likeness (QED) is 0.128. The average molecular weight is 550 g/mol. The van der Waals surface area contributed by atoms with Gasteiger partial charge in [-0.1, -0.05) is 82.9 Å². The van der Waals surface area contributed by atoms with Gasteiger partial charge in [0.25, 0.3) is 0 Å².